The van der Waals surface area contributed by atoms with Gasteiger partial charge in [0.25, 0.3) is 0 Å². The van der Waals surface area contributed by atoms with Crippen molar-refractivity contribution in [3.63, 3.8) is 0 Å². The molecule has 0 aromatic carbocycles. The Kier molecular flexibility index (Phi) is 3.10. The second kappa shape index (κ2) is 4.16. The summed E-state index contributed by atoms with van der Waals surface area (Å²) in [6.45, 7) is 7.08. The minimum atomic E-state index is -0.426. The fraction of sp³-hybridized carbons (Fsp3) is 0.923. The number of nitrogens with two attached hydrogens (primary N) is 1. The number of amides is 1. The van der Waals surface area contributed by atoms with Crippen LogP contribution in [0.5, 0.6) is 0 Å². The van der Waals surface area contributed by atoms with Crippen molar-refractivity contribution < 1.29 is 9.53 Å². The van der Waals surface area contributed by atoms with Crippen molar-refractivity contribution in [2.45, 2.75) is 58.1 Å². The van der Waals surface area contributed by atoms with Gasteiger partial charge in [-0.05, 0) is 51.9 Å². The monoisotopic (exact) mass is 240 g/mol. The highest BCUT2D eigenvalue weighted by molar-refractivity contribution is 5.69. The standard InChI is InChI=1S/C13H24N2O2/c1-12(2,3)17-11(16)15-9-13(6-7-13)5-4-10(15)8-14/h10H,4-9,14H2,1-3H3/t10-/m0/s1. The van der Waals surface area contributed by atoms with Crippen LogP contribution in [0.4, 0.5) is 4.79 Å². The van der Waals surface area contributed by atoms with Crippen molar-refractivity contribution in [1.82, 2.24) is 4.90 Å². The average molecular weight is 240 g/mol. The van der Waals surface area contributed by atoms with Gasteiger partial charge in [-0.25, -0.2) is 4.79 Å². The fourth-order valence-electron chi connectivity index (χ4n) is 2.56. The number of likely N-dealkylation sites (tertiary alicyclic amines) is 1. The summed E-state index contributed by atoms with van der Waals surface area (Å²) in [5.74, 6) is 0. The number of nitrogens with zero attached hydrogens (tertiary/aromatic N) is 1. The van der Waals surface area contributed by atoms with E-state index in [1.165, 1.54) is 19.3 Å². The van der Waals surface area contributed by atoms with E-state index in [4.69, 9.17) is 10.5 Å². The van der Waals surface area contributed by atoms with Gasteiger partial charge in [-0.1, -0.05) is 0 Å². The van der Waals surface area contributed by atoms with Crippen LogP contribution in [-0.4, -0.2) is 35.7 Å². The third-order valence-corrected chi connectivity index (χ3v) is 3.81. The van der Waals surface area contributed by atoms with E-state index < -0.39 is 5.60 Å². The molecule has 1 aliphatic heterocycles. The van der Waals surface area contributed by atoms with Gasteiger partial charge in [0.1, 0.15) is 5.60 Å². The summed E-state index contributed by atoms with van der Waals surface area (Å²) < 4.78 is 5.46. The number of carbonyl (C=O) groups excluding carboxylic acids is 1. The largest absolute Gasteiger partial charge is 0.444 e. The molecule has 1 saturated heterocycles. The van der Waals surface area contributed by atoms with E-state index in [1.807, 2.05) is 25.7 Å². The van der Waals surface area contributed by atoms with Gasteiger partial charge in [-0.3, -0.25) is 0 Å². The molecule has 1 amide bonds. The van der Waals surface area contributed by atoms with Crippen LogP contribution in [0.3, 0.4) is 0 Å². The molecule has 0 bridgehead atoms. The van der Waals surface area contributed by atoms with E-state index in [0.717, 1.165) is 13.0 Å². The summed E-state index contributed by atoms with van der Waals surface area (Å²) in [6, 6.07) is 0.163. The Morgan fingerprint density at radius 2 is 2.06 bits per heavy atom. The summed E-state index contributed by atoms with van der Waals surface area (Å²) in [4.78, 5) is 14.0. The normalized spacial score (nSPS) is 27.1. The first-order valence-corrected chi connectivity index (χ1v) is 6.55. The van der Waals surface area contributed by atoms with Crippen LogP contribution in [0.1, 0.15) is 46.5 Å². The highest BCUT2D eigenvalue weighted by Crippen LogP contribution is 2.53. The Hall–Kier alpha value is -0.770. The lowest BCUT2D eigenvalue weighted by Crippen LogP contribution is -2.52. The highest BCUT2D eigenvalue weighted by Gasteiger charge is 2.49. The first-order valence-electron chi connectivity index (χ1n) is 6.55. The van der Waals surface area contributed by atoms with E-state index in [2.05, 4.69) is 0 Å². The number of piperidine rings is 1. The van der Waals surface area contributed by atoms with Gasteiger partial charge in [-0.15, -0.1) is 0 Å². The van der Waals surface area contributed by atoms with Crippen molar-refractivity contribution in [3.05, 3.63) is 0 Å². The van der Waals surface area contributed by atoms with Crippen molar-refractivity contribution in [2.24, 2.45) is 11.1 Å². The molecule has 1 spiro atoms. The Bertz CT molecular complexity index is 305. The van der Waals surface area contributed by atoms with Gasteiger partial charge in [0.05, 0.1) is 0 Å². The quantitative estimate of drug-likeness (QED) is 0.764. The lowest BCUT2D eigenvalue weighted by molar-refractivity contribution is 0.00165. The third-order valence-electron chi connectivity index (χ3n) is 3.81. The zero-order chi connectivity index (χ0) is 12.7. The van der Waals surface area contributed by atoms with Gasteiger partial charge >= 0.3 is 6.09 Å². The predicted molar refractivity (Wildman–Crippen MR) is 66.7 cm³/mol. The molecule has 0 radical (unpaired) electrons. The molecule has 1 saturated carbocycles. The van der Waals surface area contributed by atoms with Crippen LogP contribution in [0.2, 0.25) is 0 Å². The molecular weight excluding hydrogens is 216 g/mol. The van der Waals surface area contributed by atoms with Crippen molar-refractivity contribution in [3.8, 4) is 0 Å². The van der Waals surface area contributed by atoms with Crippen molar-refractivity contribution in [1.29, 1.82) is 0 Å². The molecule has 1 aliphatic carbocycles. The lowest BCUT2D eigenvalue weighted by Gasteiger charge is -2.40. The van der Waals surface area contributed by atoms with Gasteiger partial charge in [0.2, 0.25) is 0 Å². The zero-order valence-corrected chi connectivity index (χ0v) is 11.2. The molecule has 17 heavy (non-hydrogen) atoms. The van der Waals surface area contributed by atoms with Gasteiger partial charge in [0, 0.05) is 19.1 Å². The van der Waals surface area contributed by atoms with E-state index in [1.54, 1.807) is 0 Å². The second-order valence-electron chi connectivity index (χ2n) is 6.54. The minimum absolute atomic E-state index is 0.163. The molecule has 2 N–H and O–H groups in total. The maximum atomic E-state index is 12.1. The van der Waals surface area contributed by atoms with Gasteiger partial charge < -0.3 is 15.4 Å². The van der Waals surface area contributed by atoms with Crippen LogP contribution >= 0.6 is 0 Å². The van der Waals surface area contributed by atoms with Crippen LogP contribution in [0.15, 0.2) is 0 Å². The molecule has 0 unspecified atom stereocenters. The molecule has 2 rings (SSSR count). The number of rotatable bonds is 1. The molecule has 2 aliphatic rings. The van der Waals surface area contributed by atoms with Crippen LogP contribution in [0, 0.1) is 5.41 Å². The van der Waals surface area contributed by atoms with Crippen molar-refractivity contribution in [2.75, 3.05) is 13.1 Å². The number of ether oxygens (including phenoxy) is 1. The van der Waals surface area contributed by atoms with E-state index in [9.17, 15) is 4.79 Å². The summed E-state index contributed by atoms with van der Waals surface area (Å²) in [5, 5.41) is 0. The van der Waals surface area contributed by atoms with Crippen LogP contribution in [-0.2, 0) is 4.74 Å². The Morgan fingerprint density at radius 1 is 1.41 bits per heavy atom. The van der Waals surface area contributed by atoms with Crippen LogP contribution < -0.4 is 5.73 Å². The summed E-state index contributed by atoms with van der Waals surface area (Å²) in [7, 11) is 0. The molecule has 0 aromatic rings. The molecule has 98 valence electrons. The Balaban J connectivity index is 2.02. The number of hydrogen-bond donors (Lipinski definition) is 1. The number of hydrogen-bond acceptors (Lipinski definition) is 3. The fourth-order valence-corrected chi connectivity index (χ4v) is 2.56. The van der Waals surface area contributed by atoms with Gasteiger partial charge in [0.15, 0.2) is 0 Å². The molecule has 4 nitrogen and oxygen atoms in total. The Labute approximate surface area is 103 Å². The predicted octanol–water partition coefficient (Wildman–Crippen LogP) is 2.12. The second-order valence-corrected chi connectivity index (χ2v) is 6.54. The van der Waals surface area contributed by atoms with E-state index in [-0.39, 0.29) is 12.1 Å². The molecule has 4 heteroatoms. The topological polar surface area (TPSA) is 55.6 Å². The molecule has 1 atom stereocenters. The molecule has 1 heterocycles. The van der Waals surface area contributed by atoms with Crippen molar-refractivity contribution >= 4 is 6.09 Å². The first-order chi connectivity index (χ1) is 7.85. The van der Waals surface area contributed by atoms with E-state index >= 15 is 0 Å². The van der Waals surface area contributed by atoms with Crippen LogP contribution in [0.25, 0.3) is 0 Å². The van der Waals surface area contributed by atoms with E-state index in [0.29, 0.717) is 12.0 Å². The summed E-state index contributed by atoms with van der Waals surface area (Å²) in [6.07, 6.45) is 4.55. The average Bonchev–Trinajstić information content (AvgIpc) is 2.95. The molecule has 0 aromatic heterocycles. The highest BCUT2D eigenvalue weighted by atomic mass is 16.6. The minimum Gasteiger partial charge on any atom is -0.444 e. The molecule has 2 fully saturated rings. The molecular formula is C13H24N2O2. The third kappa shape index (κ3) is 2.92. The summed E-state index contributed by atoms with van der Waals surface area (Å²) in [5.41, 5.74) is 5.73. The maximum absolute atomic E-state index is 12.1. The lowest BCUT2D eigenvalue weighted by atomic mass is 9.90. The SMILES string of the molecule is CC(C)(C)OC(=O)N1CC2(CC[C@H]1CN)CC2. The zero-order valence-electron chi connectivity index (χ0n) is 11.2. The summed E-state index contributed by atoms with van der Waals surface area (Å²) >= 11 is 0. The van der Waals surface area contributed by atoms with Gasteiger partial charge in [-0.2, -0.15) is 0 Å². The number of carbonyl (C=O) groups is 1. The Morgan fingerprint density at radius 3 is 2.53 bits per heavy atom. The first kappa shape index (κ1) is 12.7. The maximum Gasteiger partial charge on any atom is 0.410 e. The smallest absolute Gasteiger partial charge is 0.410 e.